The zero-order valence-electron chi connectivity index (χ0n) is 26.6. The van der Waals surface area contributed by atoms with Crippen LogP contribution in [-0.4, -0.2) is 98.2 Å². The van der Waals surface area contributed by atoms with Crippen molar-refractivity contribution in [1.29, 1.82) is 0 Å². The highest BCUT2D eigenvalue weighted by Crippen LogP contribution is 2.29. The first-order valence-corrected chi connectivity index (χ1v) is 17.5. The van der Waals surface area contributed by atoms with Crippen molar-refractivity contribution in [3.63, 3.8) is 0 Å². The van der Waals surface area contributed by atoms with Crippen LogP contribution < -0.4 is 15.4 Å². The first kappa shape index (κ1) is 37.1. The number of carbonyl (C=O) groups is 2. The Morgan fingerprint density at radius 2 is 1.73 bits per heavy atom. The Hall–Kier alpha value is -2.39. The molecule has 1 saturated carbocycles. The fourth-order valence-electron chi connectivity index (χ4n) is 5.87. The number of amides is 2. The number of hydrogen-bond donors (Lipinski definition) is 5. The van der Waals surface area contributed by atoms with Crippen molar-refractivity contribution < 1.29 is 37.7 Å². The highest BCUT2D eigenvalue weighted by atomic mass is 32.2. The van der Waals surface area contributed by atoms with E-state index in [2.05, 4.69) is 21.9 Å². The van der Waals surface area contributed by atoms with Gasteiger partial charge in [0.1, 0.15) is 12.1 Å². The summed E-state index contributed by atoms with van der Waals surface area (Å²) in [7, 11) is -4.06. The molecule has 1 aromatic rings. The third kappa shape index (κ3) is 12.4. The molecule has 5 N–H and O–H groups in total. The van der Waals surface area contributed by atoms with Crippen molar-refractivity contribution in [2.24, 2.45) is 11.8 Å². The quantitative estimate of drug-likeness (QED) is 0.118. The van der Waals surface area contributed by atoms with E-state index < -0.39 is 52.5 Å². The number of ether oxygens (including phenoxy) is 2. The van der Waals surface area contributed by atoms with Crippen LogP contribution in [0, 0.1) is 11.8 Å². The van der Waals surface area contributed by atoms with Crippen LogP contribution in [0.4, 0.5) is 0 Å². The van der Waals surface area contributed by atoms with E-state index in [1.165, 1.54) is 10.4 Å². The van der Waals surface area contributed by atoms with Gasteiger partial charge in [0.25, 0.3) is 16.1 Å². The van der Waals surface area contributed by atoms with Crippen LogP contribution in [0.3, 0.4) is 0 Å². The highest BCUT2D eigenvalue weighted by molar-refractivity contribution is 7.87. The molecule has 45 heavy (non-hydrogen) atoms. The molecular formula is C32H52N4O8S. The van der Waals surface area contributed by atoms with Crippen LogP contribution in [0.1, 0.15) is 64.4 Å². The first-order valence-electron chi connectivity index (χ1n) is 16.1. The molecule has 1 aliphatic carbocycles. The molecule has 2 aliphatic rings. The van der Waals surface area contributed by atoms with Crippen molar-refractivity contribution in [1.82, 2.24) is 19.7 Å². The molecule has 3 rings (SSSR count). The van der Waals surface area contributed by atoms with Crippen LogP contribution in [0.15, 0.2) is 43.0 Å². The minimum atomic E-state index is -4.06. The average Bonchev–Trinajstić information content (AvgIpc) is 3.02. The third-order valence-corrected chi connectivity index (χ3v) is 9.88. The summed E-state index contributed by atoms with van der Waals surface area (Å²) in [6.45, 7) is 8.22. The van der Waals surface area contributed by atoms with E-state index in [0.29, 0.717) is 18.4 Å². The summed E-state index contributed by atoms with van der Waals surface area (Å²) < 4.78 is 41.1. The lowest BCUT2D eigenvalue weighted by Gasteiger charge is -2.33. The van der Waals surface area contributed by atoms with Gasteiger partial charge in [0.2, 0.25) is 12.1 Å². The predicted molar refractivity (Wildman–Crippen MR) is 171 cm³/mol. The van der Waals surface area contributed by atoms with Gasteiger partial charge in [0, 0.05) is 13.1 Å². The second kappa shape index (κ2) is 18.7. The van der Waals surface area contributed by atoms with Crippen LogP contribution in [0.2, 0.25) is 0 Å². The smallest absolute Gasteiger partial charge is 0.280 e. The predicted octanol–water partition coefficient (Wildman–Crippen LogP) is 1.63. The average molecular weight is 653 g/mol. The van der Waals surface area contributed by atoms with E-state index in [9.17, 15) is 28.2 Å². The Morgan fingerprint density at radius 1 is 1.07 bits per heavy atom. The first-order chi connectivity index (χ1) is 21.5. The van der Waals surface area contributed by atoms with E-state index in [1.54, 1.807) is 24.3 Å². The van der Waals surface area contributed by atoms with Crippen molar-refractivity contribution in [3.05, 3.63) is 48.6 Å². The topological polar surface area (TPSA) is 167 Å². The molecule has 254 valence electrons. The van der Waals surface area contributed by atoms with Gasteiger partial charge < -0.3 is 30.3 Å². The molecule has 1 heterocycles. The Labute approximate surface area is 268 Å². The van der Waals surface area contributed by atoms with E-state index in [-0.39, 0.29) is 51.2 Å². The minimum Gasteiger partial charge on any atom is -0.390 e. The molecule has 0 bridgehead atoms. The van der Waals surface area contributed by atoms with Gasteiger partial charge >= 0.3 is 0 Å². The molecule has 1 aliphatic heterocycles. The number of aliphatic hydroxyl groups is 2. The summed E-state index contributed by atoms with van der Waals surface area (Å²) in [6, 6.07) is 6.91. The number of hydrogen-bond acceptors (Lipinski definition) is 8. The maximum absolute atomic E-state index is 13.7. The second-order valence-corrected chi connectivity index (χ2v) is 14.1. The van der Waals surface area contributed by atoms with Gasteiger partial charge in [-0.05, 0) is 36.7 Å². The molecule has 12 nitrogen and oxygen atoms in total. The lowest BCUT2D eigenvalue weighted by Crippen LogP contribution is -2.59. The van der Waals surface area contributed by atoms with E-state index in [4.69, 9.17) is 9.47 Å². The van der Waals surface area contributed by atoms with Crippen LogP contribution in [0.5, 0.6) is 0 Å². The van der Waals surface area contributed by atoms with Gasteiger partial charge in [-0.2, -0.15) is 17.4 Å². The largest absolute Gasteiger partial charge is 0.390 e. The number of benzene rings is 1. The molecule has 0 aromatic heterocycles. The molecule has 1 aromatic carbocycles. The number of carbonyl (C=O) groups excluding carboxylic acids is 2. The monoisotopic (exact) mass is 652 g/mol. The number of morpholine rings is 1. The zero-order chi connectivity index (χ0) is 32.8. The summed E-state index contributed by atoms with van der Waals surface area (Å²) in [5.74, 6) is -1.07. The summed E-state index contributed by atoms with van der Waals surface area (Å²) in [5, 5.41) is 27.3. The van der Waals surface area contributed by atoms with Crippen molar-refractivity contribution in [3.8, 4) is 0 Å². The van der Waals surface area contributed by atoms with Gasteiger partial charge in [0.05, 0.1) is 32.0 Å². The highest BCUT2D eigenvalue weighted by Gasteiger charge is 2.36. The Balaban J connectivity index is 1.80. The molecule has 2 fully saturated rings. The Morgan fingerprint density at radius 3 is 2.36 bits per heavy atom. The molecule has 1 saturated heterocycles. The SMILES string of the molecule is C=CCOC(NC(=O)[C@H](Cc1ccccc1)NS(=O)(=O)N1CCOCC1)C(=O)N[C@@H](CC1CCCCC1)[C@@H](O)[C@@H](O)CC(C)C. The van der Waals surface area contributed by atoms with Crippen molar-refractivity contribution in [2.75, 3.05) is 32.9 Å². The maximum atomic E-state index is 13.7. The lowest BCUT2D eigenvalue weighted by molar-refractivity contribution is -0.142. The summed E-state index contributed by atoms with van der Waals surface area (Å²) in [4.78, 5) is 27.4. The van der Waals surface area contributed by atoms with Gasteiger partial charge in [-0.3, -0.25) is 9.59 Å². The number of nitrogens with zero attached hydrogens (tertiary/aromatic N) is 1. The van der Waals surface area contributed by atoms with E-state index >= 15 is 0 Å². The van der Waals surface area contributed by atoms with Crippen LogP contribution in [-0.2, 0) is 35.7 Å². The van der Waals surface area contributed by atoms with Gasteiger partial charge in [-0.25, -0.2) is 0 Å². The Kier molecular flexibility index (Phi) is 15.4. The fraction of sp³-hybridized carbons (Fsp3) is 0.688. The van der Waals surface area contributed by atoms with E-state index in [1.807, 2.05) is 19.9 Å². The molecule has 5 atom stereocenters. The van der Waals surface area contributed by atoms with Crippen molar-refractivity contribution in [2.45, 2.75) is 95.7 Å². The van der Waals surface area contributed by atoms with E-state index in [0.717, 1.165) is 32.1 Å². The molecular weight excluding hydrogens is 600 g/mol. The van der Waals surface area contributed by atoms with Crippen LogP contribution >= 0.6 is 0 Å². The van der Waals surface area contributed by atoms with Gasteiger partial charge in [-0.1, -0.05) is 82.4 Å². The third-order valence-electron chi connectivity index (χ3n) is 8.25. The fourth-order valence-corrected chi connectivity index (χ4v) is 7.20. The number of nitrogens with one attached hydrogen (secondary N) is 3. The maximum Gasteiger partial charge on any atom is 0.280 e. The summed E-state index contributed by atoms with van der Waals surface area (Å²) in [5.41, 5.74) is 0.713. The molecule has 0 spiro atoms. The Bertz CT molecular complexity index is 1160. The zero-order valence-corrected chi connectivity index (χ0v) is 27.4. The second-order valence-electron chi connectivity index (χ2n) is 12.4. The number of aliphatic hydroxyl groups excluding tert-OH is 2. The van der Waals surface area contributed by atoms with Gasteiger partial charge in [0.15, 0.2) is 0 Å². The minimum absolute atomic E-state index is 0.0243. The lowest BCUT2D eigenvalue weighted by atomic mass is 9.82. The molecule has 1 unspecified atom stereocenters. The summed E-state index contributed by atoms with van der Waals surface area (Å²) >= 11 is 0. The van der Waals surface area contributed by atoms with Crippen LogP contribution in [0.25, 0.3) is 0 Å². The molecule has 0 radical (unpaired) electrons. The molecule has 2 amide bonds. The molecule has 13 heteroatoms. The standard InChI is InChI=1S/C32H52N4O8S/c1-4-17-44-32(31(40)33-26(21-24-11-7-5-8-12-24)29(38)28(37)20-23(2)3)34-30(39)27(22-25-13-9-6-10-14-25)35-45(41,42)36-15-18-43-19-16-36/h4,6,9-10,13-14,23-24,26-29,32,35,37-38H,1,5,7-8,11-12,15-22H2,2-3H3,(H,33,40)(H,34,39)/t26-,27-,28-,29+,32?/m0/s1. The van der Waals surface area contributed by atoms with Crippen molar-refractivity contribution >= 4 is 22.0 Å². The number of rotatable bonds is 18. The normalized spacial score (nSPS) is 20.1. The van der Waals surface area contributed by atoms with Gasteiger partial charge in [-0.15, -0.1) is 6.58 Å². The summed E-state index contributed by atoms with van der Waals surface area (Å²) in [6.07, 6.45) is 3.72.